The number of pyridine rings is 1. The van der Waals surface area contributed by atoms with Gasteiger partial charge in [0.2, 0.25) is 5.88 Å². The fourth-order valence-electron chi connectivity index (χ4n) is 9.51. The Morgan fingerprint density at radius 2 is 1.98 bits per heavy atom. The molecule has 12 heteroatoms. The van der Waals surface area contributed by atoms with Crippen molar-refractivity contribution in [3.05, 3.63) is 41.5 Å². The van der Waals surface area contributed by atoms with E-state index in [1.807, 2.05) is 0 Å². The molecule has 7 heterocycles. The highest BCUT2D eigenvalue weighted by Crippen LogP contribution is 2.49. The monoisotopic (exact) mass is 668 g/mol. The van der Waals surface area contributed by atoms with Crippen molar-refractivity contribution in [2.24, 2.45) is 5.92 Å². The highest BCUT2D eigenvalue weighted by Gasteiger charge is 2.53. The summed E-state index contributed by atoms with van der Waals surface area (Å²) in [5.74, 6) is 1.80. The third-order valence-electron chi connectivity index (χ3n) is 11.8. The van der Waals surface area contributed by atoms with Gasteiger partial charge in [0.25, 0.3) is 0 Å². The molecule has 5 aliphatic heterocycles. The van der Waals surface area contributed by atoms with Crippen LogP contribution in [0.1, 0.15) is 50.5 Å². The number of nitrogens with zero attached hydrogens (tertiary/aromatic N) is 5. The number of piperazine rings is 1. The van der Waals surface area contributed by atoms with Gasteiger partial charge in [0.05, 0.1) is 17.1 Å². The fraction of sp³-hybridized carbons (Fsp3) is 0.486. The number of benzene rings is 2. The number of halogens is 3. The van der Waals surface area contributed by atoms with Crippen LogP contribution < -0.4 is 19.7 Å². The molecule has 4 aromatic rings. The van der Waals surface area contributed by atoms with E-state index in [0.29, 0.717) is 42.0 Å². The zero-order chi connectivity index (χ0) is 33.2. The molecule has 1 aliphatic carbocycles. The topological polar surface area (TPSA) is 95.9 Å². The van der Waals surface area contributed by atoms with Gasteiger partial charge in [-0.15, -0.1) is 6.42 Å². The van der Waals surface area contributed by atoms with Crippen molar-refractivity contribution in [2.75, 3.05) is 31.1 Å². The zero-order valence-corrected chi connectivity index (χ0v) is 26.8. The molecule has 10 rings (SSSR count). The largest absolute Gasteiger partial charge is 0.508 e. The second kappa shape index (κ2) is 10.6. The Morgan fingerprint density at radius 3 is 2.82 bits per heavy atom. The number of terminal acetylenes is 1. The number of phenolic OH excluding ortho intramolecular Hbond substituents is 1. The number of aromatic hydroxyl groups is 1. The van der Waals surface area contributed by atoms with Crippen molar-refractivity contribution >= 4 is 27.5 Å². The maximum atomic E-state index is 17.3. The Balaban J connectivity index is 1.20. The van der Waals surface area contributed by atoms with Crippen LogP contribution in [0.15, 0.2) is 24.3 Å². The van der Waals surface area contributed by atoms with Gasteiger partial charge >= 0.3 is 6.01 Å². The molecule has 6 atom stereocenters. The first-order valence-corrected chi connectivity index (χ1v) is 17.3. The SMILES string of the molecule is C#Cc1c(F)ccc2cc(O)cc(-c3nc4c5c(nc(OC[C@@]67CCCN6C[C@H](F)C7)nc5c3F)N3C[C@H]5CC[C@H](N5)[C@H]3C(C3CC3)O4)c12. The molecule has 2 aromatic carbocycles. The predicted octanol–water partition coefficient (Wildman–Crippen LogP) is 5.25. The van der Waals surface area contributed by atoms with Crippen LogP contribution in [0.25, 0.3) is 32.9 Å². The molecule has 0 amide bonds. The van der Waals surface area contributed by atoms with Gasteiger partial charge in [-0.3, -0.25) is 4.90 Å². The summed E-state index contributed by atoms with van der Waals surface area (Å²) in [5, 5.41) is 15.6. The van der Waals surface area contributed by atoms with E-state index in [2.05, 4.69) is 26.0 Å². The maximum absolute atomic E-state index is 17.3. The van der Waals surface area contributed by atoms with Crippen LogP contribution >= 0.6 is 0 Å². The number of aromatic nitrogens is 3. The molecule has 252 valence electrons. The molecule has 4 saturated heterocycles. The summed E-state index contributed by atoms with van der Waals surface area (Å²) >= 11 is 0. The van der Waals surface area contributed by atoms with Crippen molar-refractivity contribution in [3.63, 3.8) is 0 Å². The van der Waals surface area contributed by atoms with E-state index in [1.165, 1.54) is 24.3 Å². The number of nitrogens with one attached hydrogen (secondary N) is 1. The third kappa shape index (κ3) is 4.44. The lowest BCUT2D eigenvalue weighted by Gasteiger charge is -2.43. The normalized spacial score (nSPS) is 30.2. The lowest BCUT2D eigenvalue weighted by atomic mass is 9.95. The van der Waals surface area contributed by atoms with Gasteiger partial charge in [-0.25, -0.2) is 18.2 Å². The number of alkyl halides is 1. The Labute approximate surface area is 280 Å². The van der Waals surface area contributed by atoms with Crippen molar-refractivity contribution in [2.45, 2.75) is 80.9 Å². The van der Waals surface area contributed by atoms with Crippen LogP contribution in [0.4, 0.5) is 19.0 Å². The van der Waals surface area contributed by atoms with Gasteiger partial charge in [0, 0.05) is 42.5 Å². The Kier molecular flexibility index (Phi) is 6.38. The number of phenols is 1. The van der Waals surface area contributed by atoms with E-state index in [9.17, 15) is 9.50 Å². The average Bonchev–Trinajstić information content (AvgIpc) is 3.69. The van der Waals surface area contributed by atoms with Gasteiger partial charge in [-0.1, -0.05) is 12.0 Å². The molecule has 9 nitrogen and oxygen atoms in total. The minimum atomic E-state index is -0.928. The van der Waals surface area contributed by atoms with Crippen molar-refractivity contribution in [1.82, 2.24) is 25.2 Å². The van der Waals surface area contributed by atoms with E-state index in [4.69, 9.17) is 25.9 Å². The van der Waals surface area contributed by atoms with Crippen LogP contribution in [-0.4, -0.2) is 87.1 Å². The first-order valence-electron chi connectivity index (χ1n) is 17.3. The first-order chi connectivity index (χ1) is 23.8. The molecule has 0 spiro atoms. The van der Waals surface area contributed by atoms with Crippen LogP contribution in [0.3, 0.4) is 0 Å². The molecular formula is C37H35F3N6O3. The molecular weight excluding hydrogens is 633 g/mol. The molecule has 2 aromatic heterocycles. The van der Waals surface area contributed by atoms with Crippen molar-refractivity contribution in [1.29, 1.82) is 0 Å². The molecule has 2 bridgehead atoms. The van der Waals surface area contributed by atoms with Crippen LogP contribution in [0.2, 0.25) is 0 Å². The van der Waals surface area contributed by atoms with E-state index in [0.717, 1.165) is 45.1 Å². The number of fused-ring (bicyclic) bond motifs is 7. The van der Waals surface area contributed by atoms with Gasteiger partial charge in [0.15, 0.2) is 5.82 Å². The number of ether oxygens (including phenoxy) is 2. The fourth-order valence-corrected chi connectivity index (χ4v) is 9.51. The third-order valence-corrected chi connectivity index (χ3v) is 11.8. The van der Waals surface area contributed by atoms with E-state index < -0.39 is 23.3 Å². The van der Waals surface area contributed by atoms with E-state index in [-0.39, 0.29) is 76.2 Å². The van der Waals surface area contributed by atoms with E-state index >= 15 is 8.78 Å². The number of hydrogen-bond donors (Lipinski definition) is 2. The average molecular weight is 669 g/mol. The Bertz CT molecular complexity index is 2100. The quantitative estimate of drug-likeness (QED) is 0.277. The number of hydrogen-bond acceptors (Lipinski definition) is 9. The van der Waals surface area contributed by atoms with Gasteiger partial charge in [0.1, 0.15) is 52.9 Å². The van der Waals surface area contributed by atoms with Gasteiger partial charge in [-0.05, 0) is 74.6 Å². The molecule has 1 saturated carbocycles. The summed E-state index contributed by atoms with van der Waals surface area (Å²) in [5.41, 5.74) is -0.619. The Hall–Kier alpha value is -4.34. The van der Waals surface area contributed by atoms with Gasteiger partial charge in [-0.2, -0.15) is 9.97 Å². The standard InChI is InChI=1S/C37H35F3N6O3/c1-2-23-25(39)8-6-19-12-22(47)13-24(27(19)23)30-29(40)31-28-34(44-36(43-31)48-17-37-10-3-11-45(37)15-20(38)14-37)46-16-21-7-9-26(41-21)32(46)33(18-4-5-18)49-35(28)42-30/h1,6,8,12-13,18,20-21,26,32-33,41,47H,3-5,7,9-11,14-17H2/t20-,21-,26+,32+,33?,37+/m1/s1. The predicted molar refractivity (Wildman–Crippen MR) is 177 cm³/mol. The number of rotatable bonds is 5. The highest BCUT2D eigenvalue weighted by molar-refractivity contribution is 6.04. The first kappa shape index (κ1) is 29.6. The lowest BCUT2D eigenvalue weighted by Crippen LogP contribution is -2.63. The molecule has 2 N–H and O–H groups in total. The van der Waals surface area contributed by atoms with Crippen LogP contribution in [-0.2, 0) is 0 Å². The van der Waals surface area contributed by atoms with Crippen LogP contribution in [0, 0.1) is 29.9 Å². The smallest absolute Gasteiger partial charge is 0.319 e. The molecule has 0 radical (unpaired) electrons. The highest BCUT2D eigenvalue weighted by atomic mass is 19.1. The maximum Gasteiger partial charge on any atom is 0.319 e. The number of anilines is 1. The minimum absolute atomic E-state index is 0.00124. The summed E-state index contributed by atoms with van der Waals surface area (Å²) < 4.78 is 60.2. The summed E-state index contributed by atoms with van der Waals surface area (Å²) in [6.45, 7) is 2.03. The van der Waals surface area contributed by atoms with Gasteiger partial charge < -0.3 is 24.8 Å². The second-order valence-corrected chi connectivity index (χ2v) is 14.8. The molecule has 5 fully saturated rings. The van der Waals surface area contributed by atoms with Crippen molar-refractivity contribution < 1.29 is 27.8 Å². The molecule has 1 unspecified atom stereocenters. The molecule has 49 heavy (non-hydrogen) atoms. The van der Waals surface area contributed by atoms with Crippen LogP contribution in [0.5, 0.6) is 17.6 Å². The Morgan fingerprint density at radius 1 is 1.10 bits per heavy atom. The summed E-state index contributed by atoms with van der Waals surface area (Å²) in [7, 11) is 0. The van der Waals surface area contributed by atoms with Crippen molar-refractivity contribution in [3.8, 4) is 41.2 Å². The minimum Gasteiger partial charge on any atom is -0.508 e. The lowest BCUT2D eigenvalue weighted by molar-refractivity contribution is 0.107. The zero-order valence-electron chi connectivity index (χ0n) is 26.8. The summed E-state index contributed by atoms with van der Waals surface area (Å²) in [4.78, 5) is 18.9. The molecule has 6 aliphatic rings. The summed E-state index contributed by atoms with van der Waals surface area (Å²) in [6, 6.07) is 5.83. The summed E-state index contributed by atoms with van der Waals surface area (Å²) in [6.07, 6.45) is 10.8. The second-order valence-electron chi connectivity index (χ2n) is 14.8. The van der Waals surface area contributed by atoms with E-state index in [1.54, 1.807) is 0 Å².